The molecule has 1 unspecified atom stereocenters. The lowest BCUT2D eigenvalue weighted by Crippen LogP contribution is -2.35. The number of carbonyl (C=O) groups is 1. The van der Waals surface area contributed by atoms with Crippen LogP contribution in [0.4, 0.5) is 0 Å². The molecule has 4 nitrogen and oxygen atoms in total. The molecule has 0 spiro atoms. The monoisotopic (exact) mass is 281 g/mol. The molecule has 1 aliphatic heterocycles. The van der Waals surface area contributed by atoms with Gasteiger partial charge in [-0.1, -0.05) is 37.6 Å². The van der Waals surface area contributed by atoms with Crippen molar-refractivity contribution in [3.8, 4) is 0 Å². The zero-order chi connectivity index (χ0) is 14.7. The average Bonchev–Trinajstić information content (AvgIpc) is 3.01. The fraction of sp³-hybridized carbons (Fsp3) is 0.294. The van der Waals surface area contributed by atoms with E-state index < -0.39 is 0 Å². The van der Waals surface area contributed by atoms with Crippen LogP contribution in [0.3, 0.4) is 0 Å². The quantitative estimate of drug-likeness (QED) is 0.857. The van der Waals surface area contributed by atoms with Crippen LogP contribution in [0.1, 0.15) is 42.6 Å². The summed E-state index contributed by atoms with van der Waals surface area (Å²) < 4.78 is 1.76. The number of aldehydes is 1. The van der Waals surface area contributed by atoms with Crippen molar-refractivity contribution >= 4 is 12.1 Å². The van der Waals surface area contributed by atoms with E-state index in [1.165, 1.54) is 18.4 Å². The van der Waals surface area contributed by atoms with Crippen molar-refractivity contribution in [2.75, 3.05) is 0 Å². The Labute approximate surface area is 124 Å². The Morgan fingerprint density at radius 3 is 2.81 bits per heavy atom. The number of hydrogen-bond donors (Lipinski definition) is 1. The lowest BCUT2D eigenvalue weighted by molar-refractivity contribution is -0.109. The van der Waals surface area contributed by atoms with Gasteiger partial charge in [-0.25, -0.2) is 4.68 Å². The Kier molecular flexibility index (Phi) is 3.86. The van der Waals surface area contributed by atoms with Gasteiger partial charge in [-0.05, 0) is 30.5 Å². The molecule has 1 N–H and O–H groups in total. The molecule has 1 atom stereocenters. The average molecular weight is 281 g/mol. The Morgan fingerprint density at radius 2 is 2.10 bits per heavy atom. The molecule has 21 heavy (non-hydrogen) atoms. The van der Waals surface area contributed by atoms with Crippen molar-refractivity contribution in [3.63, 3.8) is 0 Å². The van der Waals surface area contributed by atoms with Gasteiger partial charge in [0.25, 0.3) is 0 Å². The highest BCUT2D eigenvalue weighted by Gasteiger charge is 2.21. The van der Waals surface area contributed by atoms with E-state index in [-0.39, 0.29) is 6.04 Å². The second-order valence-electron chi connectivity index (χ2n) is 5.28. The smallest absolute Gasteiger partial charge is 0.155 e. The van der Waals surface area contributed by atoms with Gasteiger partial charge in [0, 0.05) is 11.8 Å². The maximum absolute atomic E-state index is 11.2. The fourth-order valence-electron chi connectivity index (χ4n) is 2.54. The van der Waals surface area contributed by atoms with Crippen LogP contribution >= 0.6 is 0 Å². The van der Waals surface area contributed by atoms with Crippen molar-refractivity contribution in [3.05, 3.63) is 59.4 Å². The molecule has 108 valence electrons. The van der Waals surface area contributed by atoms with Crippen LogP contribution in [-0.4, -0.2) is 16.8 Å². The Bertz CT molecular complexity index is 655. The van der Waals surface area contributed by atoms with Crippen LogP contribution < -0.4 is 5.32 Å². The van der Waals surface area contributed by atoms with Gasteiger partial charge in [0.2, 0.25) is 0 Å². The van der Waals surface area contributed by atoms with Gasteiger partial charge < -0.3 is 10.1 Å². The van der Waals surface area contributed by atoms with Gasteiger partial charge in [0.15, 0.2) is 5.84 Å². The molecular weight excluding hydrogens is 262 g/mol. The Hall–Kier alpha value is -2.36. The van der Waals surface area contributed by atoms with E-state index in [0.29, 0.717) is 0 Å². The molecule has 0 fully saturated rings. The van der Waals surface area contributed by atoms with E-state index in [0.717, 1.165) is 29.8 Å². The van der Waals surface area contributed by atoms with Crippen LogP contribution in [0.25, 0.3) is 0 Å². The molecule has 4 heteroatoms. The summed E-state index contributed by atoms with van der Waals surface area (Å²) in [6.45, 7) is 2.20. The first-order chi connectivity index (χ1) is 10.3. The minimum absolute atomic E-state index is 0.340. The minimum atomic E-state index is -0.340. The summed E-state index contributed by atoms with van der Waals surface area (Å²) in [4.78, 5) is 11.2. The number of carbonyl (C=O) groups excluding carboxylic acids is 1. The van der Waals surface area contributed by atoms with Crippen molar-refractivity contribution in [2.45, 2.75) is 32.2 Å². The predicted octanol–water partition coefficient (Wildman–Crippen LogP) is 2.88. The second-order valence-corrected chi connectivity index (χ2v) is 5.28. The van der Waals surface area contributed by atoms with Gasteiger partial charge in [-0.3, -0.25) is 0 Å². The van der Waals surface area contributed by atoms with Crippen LogP contribution in [-0.2, 0) is 11.2 Å². The third-order valence-corrected chi connectivity index (χ3v) is 3.76. The molecule has 1 aliphatic rings. The van der Waals surface area contributed by atoms with E-state index in [1.54, 1.807) is 4.68 Å². The first kappa shape index (κ1) is 13.6. The van der Waals surface area contributed by atoms with Crippen molar-refractivity contribution in [1.82, 2.24) is 9.99 Å². The number of aryl methyl sites for hydroxylation is 1. The zero-order valence-electron chi connectivity index (χ0n) is 12.1. The number of nitrogens with zero attached hydrogens (tertiary/aromatic N) is 2. The number of fused-ring (bicyclic) bond motifs is 1. The van der Waals surface area contributed by atoms with E-state index in [9.17, 15) is 4.79 Å². The number of hydrogen-bond acceptors (Lipinski definition) is 3. The Morgan fingerprint density at radius 1 is 1.29 bits per heavy atom. The molecule has 1 aromatic carbocycles. The number of benzene rings is 1. The van der Waals surface area contributed by atoms with Crippen molar-refractivity contribution in [1.29, 1.82) is 0 Å². The van der Waals surface area contributed by atoms with E-state index in [1.807, 2.05) is 18.3 Å². The molecule has 0 bridgehead atoms. The third kappa shape index (κ3) is 2.75. The van der Waals surface area contributed by atoms with Crippen molar-refractivity contribution in [2.24, 2.45) is 5.10 Å². The van der Waals surface area contributed by atoms with Gasteiger partial charge in [0.05, 0.1) is 5.69 Å². The number of rotatable bonds is 5. The van der Waals surface area contributed by atoms with Crippen LogP contribution in [0.15, 0.2) is 47.7 Å². The minimum Gasteiger partial charge on any atom is -0.353 e. The number of unbranched alkanes of at least 4 members (excludes halogenated alkanes) is 1. The largest absolute Gasteiger partial charge is 0.353 e. The van der Waals surface area contributed by atoms with E-state index in [2.05, 4.69) is 41.6 Å². The summed E-state index contributed by atoms with van der Waals surface area (Å²) in [6.07, 6.45) is 6.29. The molecule has 0 amide bonds. The summed E-state index contributed by atoms with van der Waals surface area (Å²) in [5, 5.41) is 7.71. The molecule has 0 aliphatic carbocycles. The first-order valence-electron chi connectivity index (χ1n) is 7.39. The molecule has 0 radical (unpaired) electrons. The van der Waals surface area contributed by atoms with Crippen LogP contribution in [0.5, 0.6) is 0 Å². The molecule has 2 heterocycles. The summed E-state index contributed by atoms with van der Waals surface area (Å²) in [7, 11) is 0. The van der Waals surface area contributed by atoms with Gasteiger partial charge in [-0.2, -0.15) is 5.10 Å². The predicted molar refractivity (Wildman–Crippen MR) is 83.4 cm³/mol. The lowest BCUT2D eigenvalue weighted by atomic mass is 10.1. The lowest BCUT2D eigenvalue weighted by Gasteiger charge is -2.22. The fourth-order valence-corrected chi connectivity index (χ4v) is 2.54. The van der Waals surface area contributed by atoms with E-state index in [4.69, 9.17) is 0 Å². The highest BCUT2D eigenvalue weighted by atomic mass is 16.1. The zero-order valence-corrected chi connectivity index (χ0v) is 12.1. The van der Waals surface area contributed by atoms with Crippen LogP contribution in [0, 0.1) is 0 Å². The maximum Gasteiger partial charge on any atom is 0.155 e. The molecular formula is C17H19N3O. The normalized spacial score (nSPS) is 16.8. The standard InChI is InChI=1S/C17H19N3O/c1-2-3-5-13-7-9-14(10-8-13)17-18-15(12-21)16-6-4-11-20(16)19-17/h4,6-12,15H,2-3,5H2,1H3,(H,18,19). The topological polar surface area (TPSA) is 46.4 Å². The number of aromatic nitrogens is 1. The van der Waals surface area contributed by atoms with Gasteiger partial charge >= 0.3 is 0 Å². The summed E-state index contributed by atoms with van der Waals surface area (Å²) in [6, 6.07) is 11.9. The maximum atomic E-state index is 11.2. The molecule has 0 saturated heterocycles. The summed E-state index contributed by atoms with van der Waals surface area (Å²) in [5.41, 5.74) is 3.21. The van der Waals surface area contributed by atoms with Gasteiger partial charge in [0.1, 0.15) is 12.3 Å². The first-order valence-corrected chi connectivity index (χ1v) is 7.39. The second kappa shape index (κ2) is 5.95. The molecule has 3 rings (SSSR count). The van der Waals surface area contributed by atoms with Crippen LogP contribution in [0.2, 0.25) is 0 Å². The van der Waals surface area contributed by atoms with Crippen molar-refractivity contribution < 1.29 is 4.79 Å². The Balaban J connectivity index is 1.86. The van der Waals surface area contributed by atoms with E-state index >= 15 is 0 Å². The summed E-state index contributed by atoms with van der Waals surface area (Å²) in [5.74, 6) is 0.734. The van der Waals surface area contributed by atoms with Gasteiger partial charge in [-0.15, -0.1) is 0 Å². The number of nitrogens with one attached hydrogen (secondary N) is 1. The third-order valence-electron chi connectivity index (χ3n) is 3.76. The highest BCUT2D eigenvalue weighted by Crippen LogP contribution is 2.18. The number of amidine groups is 1. The molecule has 2 aromatic rings. The highest BCUT2D eigenvalue weighted by molar-refractivity contribution is 6.00. The SMILES string of the molecule is CCCCc1ccc(C2=Nn3cccc3C(C=O)N2)cc1. The molecule has 1 aromatic heterocycles. The molecule has 0 saturated carbocycles. The summed E-state index contributed by atoms with van der Waals surface area (Å²) >= 11 is 0.